The minimum Gasteiger partial charge on any atom is -0.444 e. The van der Waals surface area contributed by atoms with Crippen LogP contribution in [0.2, 0.25) is 0 Å². The summed E-state index contributed by atoms with van der Waals surface area (Å²) in [6, 6.07) is 5.42. The lowest BCUT2D eigenvalue weighted by Gasteiger charge is -1.81. The molecule has 0 saturated carbocycles. The minimum absolute atomic E-state index is 0.327. The molecule has 0 N–H and O–H groups in total. The molecular formula is C8H4N2O. The van der Waals surface area contributed by atoms with E-state index in [9.17, 15) is 0 Å². The molecule has 0 unspecified atom stereocenters. The van der Waals surface area contributed by atoms with E-state index >= 15 is 0 Å². The fourth-order valence-electron chi connectivity index (χ4n) is 0.940. The molecule has 0 aliphatic carbocycles. The van der Waals surface area contributed by atoms with Gasteiger partial charge in [-0.25, -0.2) is 0 Å². The predicted molar refractivity (Wildman–Crippen MR) is 38.7 cm³/mol. The van der Waals surface area contributed by atoms with Gasteiger partial charge in [0.25, 0.3) is 0 Å². The number of pyridine rings is 1. The van der Waals surface area contributed by atoms with Crippen LogP contribution >= 0.6 is 0 Å². The molecule has 2 aromatic rings. The van der Waals surface area contributed by atoms with Crippen molar-refractivity contribution in [1.29, 1.82) is 5.26 Å². The van der Waals surface area contributed by atoms with Crippen LogP contribution in [0.25, 0.3) is 11.0 Å². The summed E-state index contributed by atoms with van der Waals surface area (Å²) in [5.74, 6) is 0.327. The molecule has 0 radical (unpaired) electrons. The summed E-state index contributed by atoms with van der Waals surface area (Å²) in [6.07, 6.45) is 3.26. The van der Waals surface area contributed by atoms with Gasteiger partial charge >= 0.3 is 0 Å². The van der Waals surface area contributed by atoms with Crippen LogP contribution in [0.5, 0.6) is 0 Å². The summed E-state index contributed by atoms with van der Waals surface area (Å²) in [5, 5.41) is 9.39. The molecule has 0 atom stereocenters. The summed E-state index contributed by atoms with van der Waals surface area (Å²) in [6.45, 7) is 0. The summed E-state index contributed by atoms with van der Waals surface area (Å²) in [4.78, 5) is 3.86. The molecule has 0 aliphatic heterocycles. The van der Waals surface area contributed by atoms with Crippen LogP contribution in [0.15, 0.2) is 28.9 Å². The van der Waals surface area contributed by atoms with Gasteiger partial charge < -0.3 is 4.42 Å². The maximum absolute atomic E-state index is 8.47. The van der Waals surface area contributed by atoms with Crippen molar-refractivity contribution in [3.05, 3.63) is 30.3 Å². The summed E-state index contributed by atoms with van der Waals surface area (Å²) in [7, 11) is 0. The van der Waals surface area contributed by atoms with Gasteiger partial charge in [-0.3, -0.25) is 4.98 Å². The average molecular weight is 144 g/mol. The van der Waals surface area contributed by atoms with Crippen LogP contribution < -0.4 is 0 Å². The lowest BCUT2D eigenvalue weighted by Crippen LogP contribution is -1.65. The molecule has 52 valence electrons. The molecular weight excluding hydrogens is 140 g/mol. The predicted octanol–water partition coefficient (Wildman–Crippen LogP) is 1.70. The van der Waals surface area contributed by atoms with Gasteiger partial charge in [-0.1, -0.05) is 0 Å². The van der Waals surface area contributed by atoms with Gasteiger partial charge in [0.15, 0.2) is 5.58 Å². The Hall–Kier alpha value is -1.82. The minimum atomic E-state index is 0.327. The maximum atomic E-state index is 8.47. The number of nitriles is 1. The van der Waals surface area contributed by atoms with Crippen molar-refractivity contribution in [2.45, 2.75) is 0 Å². The fourth-order valence-corrected chi connectivity index (χ4v) is 0.940. The normalized spacial score (nSPS) is 9.73. The Labute approximate surface area is 62.9 Å². The van der Waals surface area contributed by atoms with Crippen LogP contribution in [-0.4, -0.2) is 4.98 Å². The van der Waals surface area contributed by atoms with E-state index < -0.39 is 0 Å². The molecule has 3 heteroatoms. The first kappa shape index (κ1) is 5.93. The first-order chi connectivity index (χ1) is 5.40. The van der Waals surface area contributed by atoms with Gasteiger partial charge in [0, 0.05) is 17.6 Å². The summed E-state index contributed by atoms with van der Waals surface area (Å²) >= 11 is 0. The topological polar surface area (TPSA) is 49.8 Å². The van der Waals surface area contributed by atoms with Crippen molar-refractivity contribution in [3.8, 4) is 6.07 Å². The first-order valence-corrected chi connectivity index (χ1v) is 3.14. The number of furan rings is 1. The molecule has 0 aromatic carbocycles. The molecule has 2 heterocycles. The number of hydrogen-bond acceptors (Lipinski definition) is 3. The summed E-state index contributed by atoms with van der Waals surface area (Å²) < 4.78 is 5.09. The van der Waals surface area contributed by atoms with Crippen molar-refractivity contribution >= 4 is 11.0 Å². The molecule has 0 aliphatic rings. The van der Waals surface area contributed by atoms with Crippen molar-refractivity contribution in [2.75, 3.05) is 0 Å². The highest BCUT2D eigenvalue weighted by atomic mass is 16.3. The summed E-state index contributed by atoms with van der Waals surface area (Å²) in [5.41, 5.74) is 0.657. The Kier molecular flexibility index (Phi) is 1.13. The van der Waals surface area contributed by atoms with Gasteiger partial charge in [-0.15, -0.1) is 0 Å². The second-order valence-electron chi connectivity index (χ2n) is 2.14. The Morgan fingerprint density at radius 3 is 3.18 bits per heavy atom. The van der Waals surface area contributed by atoms with Gasteiger partial charge in [-0.2, -0.15) is 5.26 Å². The lowest BCUT2D eigenvalue weighted by molar-refractivity contribution is 0.598. The van der Waals surface area contributed by atoms with Crippen LogP contribution in [0.4, 0.5) is 0 Å². The molecule has 0 spiro atoms. The van der Waals surface area contributed by atoms with Crippen molar-refractivity contribution in [2.24, 2.45) is 0 Å². The van der Waals surface area contributed by atoms with Gasteiger partial charge in [-0.05, 0) is 6.07 Å². The fraction of sp³-hybridized carbons (Fsp3) is 0. The van der Waals surface area contributed by atoms with Crippen LogP contribution in [0.3, 0.4) is 0 Å². The first-order valence-electron chi connectivity index (χ1n) is 3.14. The molecule has 11 heavy (non-hydrogen) atoms. The quantitative estimate of drug-likeness (QED) is 0.565. The molecule has 0 bridgehead atoms. The SMILES string of the molecule is N#Cc1cc2ccncc2o1. The molecule has 2 aromatic heterocycles. The number of rotatable bonds is 0. The van der Waals surface area contributed by atoms with Crippen LogP contribution in [0, 0.1) is 11.3 Å². The van der Waals surface area contributed by atoms with E-state index in [4.69, 9.17) is 9.68 Å². The van der Waals surface area contributed by atoms with E-state index in [1.165, 1.54) is 0 Å². The van der Waals surface area contributed by atoms with Gasteiger partial charge in [0.2, 0.25) is 5.76 Å². The van der Waals surface area contributed by atoms with E-state index in [1.54, 1.807) is 24.5 Å². The molecule has 0 amide bonds. The number of aromatic nitrogens is 1. The second kappa shape index (κ2) is 2.10. The lowest BCUT2D eigenvalue weighted by atomic mass is 10.3. The highest BCUT2D eigenvalue weighted by Gasteiger charge is 1.99. The zero-order chi connectivity index (χ0) is 7.68. The number of fused-ring (bicyclic) bond motifs is 1. The zero-order valence-corrected chi connectivity index (χ0v) is 5.61. The van der Waals surface area contributed by atoms with Gasteiger partial charge in [0.05, 0.1) is 6.20 Å². The van der Waals surface area contributed by atoms with Crippen molar-refractivity contribution < 1.29 is 4.42 Å². The van der Waals surface area contributed by atoms with E-state index in [1.807, 2.05) is 6.07 Å². The van der Waals surface area contributed by atoms with Crippen molar-refractivity contribution in [1.82, 2.24) is 4.98 Å². The molecule has 3 nitrogen and oxygen atoms in total. The largest absolute Gasteiger partial charge is 0.444 e. The third-order valence-corrected chi connectivity index (χ3v) is 1.43. The monoisotopic (exact) mass is 144 g/mol. The third-order valence-electron chi connectivity index (χ3n) is 1.43. The second-order valence-corrected chi connectivity index (χ2v) is 2.14. The van der Waals surface area contributed by atoms with Crippen LogP contribution in [0.1, 0.15) is 5.76 Å². The highest BCUT2D eigenvalue weighted by Crippen LogP contribution is 2.16. The standard InChI is InChI=1S/C8H4N2O/c9-4-7-3-6-1-2-10-5-8(6)11-7/h1-3,5H. The highest BCUT2D eigenvalue weighted by molar-refractivity contribution is 5.77. The smallest absolute Gasteiger partial charge is 0.204 e. The van der Waals surface area contributed by atoms with Crippen LogP contribution in [-0.2, 0) is 0 Å². The number of hydrogen-bond donors (Lipinski definition) is 0. The Balaban J connectivity index is 2.81. The van der Waals surface area contributed by atoms with Crippen molar-refractivity contribution in [3.63, 3.8) is 0 Å². The van der Waals surface area contributed by atoms with E-state index in [0.29, 0.717) is 11.3 Å². The molecule has 2 rings (SSSR count). The third kappa shape index (κ3) is 0.849. The Bertz CT molecular complexity index is 392. The maximum Gasteiger partial charge on any atom is 0.204 e. The van der Waals surface area contributed by atoms with E-state index in [2.05, 4.69) is 4.98 Å². The Morgan fingerprint density at radius 1 is 1.55 bits per heavy atom. The van der Waals surface area contributed by atoms with Gasteiger partial charge in [0.1, 0.15) is 6.07 Å². The molecule has 0 saturated heterocycles. The zero-order valence-electron chi connectivity index (χ0n) is 5.61. The van der Waals surface area contributed by atoms with E-state index in [-0.39, 0.29) is 0 Å². The average Bonchev–Trinajstić information content (AvgIpc) is 2.46. The number of nitrogens with zero attached hydrogens (tertiary/aromatic N) is 2. The molecule has 0 fully saturated rings. The van der Waals surface area contributed by atoms with E-state index in [0.717, 1.165) is 5.39 Å². The Morgan fingerprint density at radius 2 is 2.45 bits per heavy atom.